The van der Waals surface area contributed by atoms with Crippen molar-refractivity contribution in [1.29, 1.82) is 0 Å². The number of hydrogen-bond acceptors (Lipinski definition) is 3. The summed E-state index contributed by atoms with van der Waals surface area (Å²) in [4.78, 5) is 8.91. The van der Waals surface area contributed by atoms with E-state index in [0.717, 1.165) is 33.5 Å². The third kappa shape index (κ3) is 3.15. The van der Waals surface area contributed by atoms with Gasteiger partial charge in [-0.1, -0.05) is 15.9 Å². The van der Waals surface area contributed by atoms with Gasteiger partial charge in [0.15, 0.2) is 5.82 Å². The van der Waals surface area contributed by atoms with E-state index < -0.39 is 0 Å². The van der Waals surface area contributed by atoms with Crippen LogP contribution < -0.4 is 5.73 Å². The van der Waals surface area contributed by atoms with Gasteiger partial charge in [0, 0.05) is 34.4 Å². The Hall–Kier alpha value is -1.26. The van der Waals surface area contributed by atoms with Crippen molar-refractivity contribution >= 4 is 15.9 Å². The van der Waals surface area contributed by atoms with Crippen LogP contribution in [0.3, 0.4) is 0 Å². The van der Waals surface area contributed by atoms with Crippen molar-refractivity contribution in [2.24, 2.45) is 5.73 Å². The Morgan fingerprint density at radius 3 is 2.78 bits per heavy atom. The fourth-order valence-electron chi connectivity index (χ4n) is 1.85. The summed E-state index contributed by atoms with van der Waals surface area (Å²) in [5, 5.41) is 0. The molecule has 0 aliphatic rings. The molecule has 0 fully saturated rings. The van der Waals surface area contributed by atoms with Crippen molar-refractivity contribution in [3.05, 3.63) is 46.2 Å². The lowest BCUT2D eigenvalue weighted by Gasteiger charge is -2.08. The van der Waals surface area contributed by atoms with E-state index in [0.29, 0.717) is 0 Å². The summed E-state index contributed by atoms with van der Waals surface area (Å²) in [5.74, 6) is 0.762. The van der Waals surface area contributed by atoms with Gasteiger partial charge in [-0.2, -0.15) is 0 Å². The molecule has 1 atom stereocenters. The van der Waals surface area contributed by atoms with Crippen LogP contribution in [0.5, 0.6) is 0 Å². The van der Waals surface area contributed by atoms with Crippen molar-refractivity contribution in [2.75, 3.05) is 0 Å². The van der Waals surface area contributed by atoms with Crippen LogP contribution in [-0.2, 0) is 6.42 Å². The predicted molar refractivity (Wildman–Crippen MR) is 77.3 cm³/mol. The highest BCUT2D eigenvalue weighted by molar-refractivity contribution is 9.10. The Labute approximate surface area is 116 Å². The Balaban J connectivity index is 2.38. The zero-order valence-corrected chi connectivity index (χ0v) is 12.1. The van der Waals surface area contributed by atoms with Crippen LogP contribution >= 0.6 is 15.9 Å². The number of aryl methyl sites for hydroxylation is 1. The zero-order valence-electron chi connectivity index (χ0n) is 10.5. The van der Waals surface area contributed by atoms with Crippen LogP contribution in [0.2, 0.25) is 0 Å². The van der Waals surface area contributed by atoms with Gasteiger partial charge in [0.2, 0.25) is 0 Å². The highest BCUT2D eigenvalue weighted by Gasteiger charge is 2.07. The average molecular weight is 306 g/mol. The van der Waals surface area contributed by atoms with Gasteiger partial charge in [-0.15, -0.1) is 0 Å². The molecular weight excluding hydrogens is 290 g/mol. The number of benzene rings is 1. The molecule has 1 aromatic heterocycles. The number of hydrogen-bond donors (Lipinski definition) is 1. The minimum Gasteiger partial charge on any atom is -0.328 e. The molecule has 0 amide bonds. The molecule has 4 heteroatoms. The molecule has 1 aromatic carbocycles. The second kappa shape index (κ2) is 5.59. The molecule has 18 heavy (non-hydrogen) atoms. The standard InChI is InChI=1S/C14H16BrN3/c1-9-7-11(15)3-4-13(9)14-17-6-5-12(18-14)8-10(2)16/h3-7,10H,8,16H2,1-2H3. The van der Waals surface area contributed by atoms with E-state index in [1.165, 1.54) is 0 Å². The summed E-state index contributed by atoms with van der Waals surface area (Å²) >= 11 is 3.46. The number of nitrogens with two attached hydrogens (primary N) is 1. The van der Waals surface area contributed by atoms with E-state index >= 15 is 0 Å². The normalized spacial score (nSPS) is 12.4. The fourth-order valence-corrected chi connectivity index (χ4v) is 2.32. The lowest BCUT2D eigenvalue weighted by atomic mass is 10.1. The Morgan fingerprint density at radius 2 is 2.11 bits per heavy atom. The molecule has 1 unspecified atom stereocenters. The average Bonchev–Trinajstić information content (AvgIpc) is 2.28. The van der Waals surface area contributed by atoms with Crippen molar-refractivity contribution < 1.29 is 0 Å². The van der Waals surface area contributed by atoms with E-state index in [1.807, 2.05) is 25.1 Å². The van der Waals surface area contributed by atoms with Crippen LogP contribution in [0.4, 0.5) is 0 Å². The topological polar surface area (TPSA) is 51.8 Å². The van der Waals surface area contributed by atoms with Crippen molar-refractivity contribution in [3.63, 3.8) is 0 Å². The molecule has 0 saturated heterocycles. The molecule has 0 saturated carbocycles. The van der Waals surface area contributed by atoms with Crippen molar-refractivity contribution in [1.82, 2.24) is 9.97 Å². The van der Waals surface area contributed by atoms with Gasteiger partial charge < -0.3 is 5.73 Å². The maximum atomic E-state index is 5.80. The van der Waals surface area contributed by atoms with Gasteiger partial charge in [0.25, 0.3) is 0 Å². The third-order valence-electron chi connectivity index (χ3n) is 2.67. The van der Waals surface area contributed by atoms with Gasteiger partial charge in [0.1, 0.15) is 0 Å². The minimum absolute atomic E-state index is 0.110. The van der Waals surface area contributed by atoms with Gasteiger partial charge in [-0.3, -0.25) is 0 Å². The monoisotopic (exact) mass is 305 g/mol. The summed E-state index contributed by atoms with van der Waals surface area (Å²) in [6.45, 7) is 4.04. The third-order valence-corrected chi connectivity index (χ3v) is 3.17. The van der Waals surface area contributed by atoms with Gasteiger partial charge >= 0.3 is 0 Å². The lowest BCUT2D eigenvalue weighted by molar-refractivity contribution is 0.720. The SMILES string of the molecule is Cc1cc(Br)ccc1-c1nccc(CC(C)N)n1. The highest BCUT2D eigenvalue weighted by atomic mass is 79.9. The van der Waals surface area contributed by atoms with Gasteiger partial charge in [-0.25, -0.2) is 9.97 Å². The van der Waals surface area contributed by atoms with E-state index in [9.17, 15) is 0 Å². The fraction of sp³-hybridized carbons (Fsp3) is 0.286. The second-order valence-corrected chi connectivity index (χ2v) is 5.43. The largest absolute Gasteiger partial charge is 0.328 e. The number of halogens is 1. The summed E-state index contributed by atoms with van der Waals surface area (Å²) in [5.41, 5.74) is 8.99. The van der Waals surface area contributed by atoms with Crippen LogP contribution in [-0.4, -0.2) is 16.0 Å². The highest BCUT2D eigenvalue weighted by Crippen LogP contribution is 2.23. The van der Waals surface area contributed by atoms with Gasteiger partial charge in [-0.05, 0) is 43.7 Å². The molecular formula is C14H16BrN3. The van der Waals surface area contributed by atoms with Crippen LogP contribution in [0.1, 0.15) is 18.2 Å². The summed E-state index contributed by atoms with van der Waals surface area (Å²) in [6, 6.07) is 8.13. The summed E-state index contributed by atoms with van der Waals surface area (Å²) in [7, 11) is 0. The molecule has 0 aliphatic heterocycles. The number of nitrogens with zero attached hydrogens (tertiary/aromatic N) is 2. The van der Waals surface area contributed by atoms with E-state index in [2.05, 4.69) is 38.9 Å². The molecule has 0 aliphatic carbocycles. The van der Waals surface area contributed by atoms with E-state index in [4.69, 9.17) is 5.73 Å². The molecule has 2 rings (SSSR count). The Kier molecular flexibility index (Phi) is 4.09. The minimum atomic E-state index is 0.110. The molecule has 3 nitrogen and oxygen atoms in total. The Morgan fingerprint density at radius 1 is 1.33 bits per heavy atom. The van der Waals surface area contributed by atoms with Crippen LogP contribution in [0, 0.1) is 6.92 Å². The zero-order chi connectivity index (χ0) is 13.1. The maximum Gasteiger partial charge on any atom is 0.159 e. The van der Waals surface area contributed by atoms with E-state index in [-0.39, 0.29) is 6.04 Å². The van der Waals surface area contributed by atoms with Gasteiger partial charge in [0.05, 0.1) is 0 Å². The molecule has 2 N–H and O–H groups in total. The number of aromatic nitrogens is 2. The molecule has 0 bridgehead atoms. The number of rotatable bonds is 3. The summed E-state index contributed by atoms with van der Waals surface area (Å²) < 4.78 is 1.07. The Bertz CT molecular complexity index is 552. The first-order valence-corrected chi connectivity index (χ1v) is 6.69. The quantitative estimate of drug-likeness (QED) is 0.948. The van der Waals surface area contributed by atoms with Crippen molar-refractivity contribution in [3.8, 4) is 11.4 Å². The van der Waals surface area contributed by atoms with Crippen molar-refractivity contribution in [2.45, 2.75) is 26.3 Å². The smallest absolute Gasteiger partial charge is 0.159 e. The van der Waals surface area contributed by atoms with Crippen LogP contribution in [0.25, 0.3) is 11.4 Å². The van der Waals surface area contributed by atoms with E-state index in [1.54, 1.807) is 6.20 Å². The first kappa shape index (κ1) is 13.2. The molecule has 0 radical (unpaired) electrons. The maximum absolute atomic E-state index is 5.80. The predicted octanol–water partition coefficient (Wildman–Crippen LogP) is 3.10. The van der Waals surface area contributed by atoms with Crippen LogP contribution in [0.15, 0.2) is 34.9 Å². The lowest BCUT2D eigenvalue weighted by Crippen LogP contribution is -2.18. The molecule has 1 heterocycles. The molecule has 0 spiro atoms. The molecule has 94 valence electrons. The first-order chi connectivity index (χ1) is 8.56. The molecule has 2 aromatic rings. The second-order valence-electron chi connectivity index (χ2n) is 4.51. The summed E-state index contributed by atoms with van der Waals surface area (Å²) in [6.07, 6.45) is 2.56. The first-order valence-electron chi connectivity index (χ1n) is 5.90.